The van der Waals surface area contributed by atoms with Crippen molar-refractivity contribution in [1.82, 2.24) is 5.32 Å². The van der Waals surface area contributed by atoms with Gasteiger partial charge in [-0.2, -0.15) is 0 Å². The van der Waals surface area contributed by atoms with Crippen molar-refractivity contribution < 1.29 is 9.53 Å². The molecule has 0 aliphatic heterocycles. The van der Waals surface area contributed by atoms with Crippen LogP contribution >= 0.6 is 0 Å². The Bertz CT molecular complexity index is 350. The van der Waals surface area contributed by atoms with Crippen LogP contribution in [0.1, 0.15) is 17.9 Å². The first kappa shape index (κ1) is 11.1. The summed E-state index contributed by atoms with van der Waals surface area (Å²) in [6.45, 7) is 1.18. The molecule has 1 amide bonds. The van der Waals surface area contributed by atoms with Gasteiger partial charge in [0, 0.05) is 19.6 Å². The van der Waals surface area contributed by atoms with Crippen molar-refractivity contribution in [2.24, 2.45) is 5.92 Å². The van der Waals surface area contributed by atoms with Crippen LogP contribution < -0.4 is 5.32 Å². The van der Waals surface area contributed by atoms with Gasteiger partial charge in [-0.3, -0.25) is 4.79 Å². The number of amides is 1. The average molecular weight is 219 g/mol. The monoisotopic (exact) mass is 219 g/mol. The Morgan fingerprint density at radius 1 is 1.44 bits per heavy atom. The first-order valence-electron chi connectivity index (χ1n) is 5.64. The van der Waals surface area contributed by atoms with Crippen LogP contribution in [0.2, 0.25) is 0 Å². The lowest BCUT2D eigenvalue weighted by atomic mass is 10.1. The first-order valence-corrected chi connectivity index (χ1v) is 5.64. The number of hydrogen-bond donors (Lipinski definition) is 1. The molecule has 1 fully saturated rings. The number of nitrogens with one attached hydrogen (secondary N) is 1. The molecule has 2 atom stereocenters. The van der Waals surface area contributed by atoms with Crippen LogP contribution in [0.3, 0.4) is 0 Å². The summed E-state index contributed by atoms with van der Waals surface area (Å²) >= 11 is 0. The highest BCUT2D eigenvalue weighted by atomic mass is 16.5. The molecule has 1 aromatic rings. The number of carbonyl (C=O) groups excluding carboxylic acids is 1. The molecule has 0 bridgehead atoms. The van der Waals surface area contributed by atoms with Gasteiger partial charge in [-0.1, -0.05) is 30.3 Å². The molecule has 3 nitrogen and oxygen atoms in total. The van der Waals surface area contributed by atoms with Crippen molar-refractivity contribution in [3.05, 3.63) is 35.9 Å². The SMILES string of the molecule is COCCNC(=O)[C@@H]1C[C@@H]1c1ccccc1. The molecule has 0 spiro atoms. The predicted octanol–water partition coefficient (Wildman–Crippen LogP) is 1.55. The molecule has 2 rings (SSSR count). The minimum absolute atomic E-state index is 0.158. The van der Waals surface area contributed by atoms with Crippen molar-refractivity contribution in [3.63, 3.8) is 0 Å². The van der Waals surface area contributed by atoms with Crippen LogP contribution in [-0.2, 0) is 9.53 Å². The second kappa shape index (κ2) is 5.12. The fraction of sp³-hybridized carbons (Fsp3) is 0.462. The van der Waals surface area contributed by atoms with Crippen molar-refractivity contribution in [3.8, 4) is 0 Å². The van der Waals surface area contributed by atoms with E-state index in [0.29, 0.717) is 19.1 Å². The Balaban J connectivity index is 1.80. The van der Waals surface area contributed by atoms with Crippen LogP contribution in [0, 0.1) is 5.92 Å². The highest BCUT2D eigenvalue weighted by molar-refractivity contribution is 5.82. The molecule has 0 saturated heterocycles. The summed E-state index contributed by atoms with van der Waals surface area (Å²) in [6.07, 6.45) is 0.975. The largest absolute Gasteiger partial charge is 0.383 e. The van der Waals surface area contributed by atoms with Gasteiger partial charge in [0.2, 0.25) is 5.91 Å². The standard InChI is InChI=1S/C13H17NO2/c1-16-8-7-14-13(15)12-9-11(12)10-5-3-2-4-6-10/h2-6,11-12H,7-9H2,1H3,(H,14,15)/t11-,12-/m1/s1. The summed E-state index contributed by atoms with van der Waals surface area (Å²) in [5.41, 5.74) is 1.27. The molecule has 86 valence electrons. The van der Waals surface area contributed by atoms with Gasteiger partial charge in [0.05, 0.1) is 6.61 Å². The number of rotatable bonds is 5. The van der Waals surface area contributed by atoms with Gasteiger partial charge >= 0.3 is 0 Å². The van der Waals surface area contributed by atoms with E-state index in [9.17, 15) is 4.79 Å². The summed E-state index contributed by atoms with van der Waals surface area (Å²) in [4.78, 5) is 11.7. The van der Waals surface area contributed by atoms with E-state index in [-0.39, 0.29) is 11.8 Å². The van der Waals surface area contributed by atoms with E-state index >= 15 is 0 Å². The quantitative estimate of drug-likeness (QED) is 0.763. The van der Waals surface area contributed by atoms with Crippen LogP contribution in [-0.4, -0.2) is 26.2 Å². The number of benzene rings is 1. The number of carbonyl (C=O) groups is 1. The summed E-state index contributed by atoms with van der Waals surface area (Å²) in [5.74, 6) is 0.744. The first-order chi connectivity index (χ1) is 7.83. The van der Waals surface area contributed by atoms with Crippen LogP contribution in [0.4, 0.5) is 0 Å². The van der Waals surface area contributed by atoms with Crippen LogP contribution in [0.15, 0.2) is 30.3 Å². The molecule has 1 aliphatic rings. The maximum atomic E-state index is 11.7. The topological polar surface area (TPSA) is 38.3 Å². The molecule has 0 unspecified atom stereocenters. The molecule has 1 aromatic carbocycles. The van der Waals surface area contributed by atoms with Gasteiger partial charge in [-0.15, -0.1) is 0 Å². The fourth-order valence-corrected chi connectivity index (χ4v) is 1.96. The second-order valence-corrected chi connectivity index (χ2v) is 4.14. The summed E-state index contributed by atoms with van der Waals surface area (Å²) < 4.78 is 4.89. The van der Waals surface area contributed by atoms with Gasteiger partial charge in [-0.05, 0) is 17.9 Å². The summed E-state index contributed by atoms with van der Waals surface area (Å²) in [6, 6.07) is 10.2. The van der Waals surface area contributed by atoms with Gasteiger partial charge in [0.1, 0.15) is 0 Å². The lowest BCUT2D eigenvalue weighted by molar-refractivity contribution is -0.122. The third-order valence-electron chi connectivity index (χ3n) is 2.96. The van der Waals surface area contributed by atoms with E-state index < -0.39 is 0 Å². The van der Waals surface area contributed by atoms with Gasteiger partial charge in [-0.25, -0.2) is 0 Å². The Hall–Kier alpha value is -1.35. The lowest BCUT2D eigenvalue weighted by Gasteiger charge is -2.03. The second-order valence-electron chi connectivity index (χ2n) is 4.14. The Kier molecular flexibility index (Phi) is 3.57. The number of ether oxygens (including phenoxy) is 1. The Morgan fingerprint density at radius 3 is 2.88 bits per heavy atom. The Labute approximate surface area is 95.8 Å². The van der Waals surface area contributed by atoms with Gasteiger partial charge in [0.15, 0.2) is 0 Å². The third kappa shape index (κ3) is 2.61. The smallest absolute Gasteiger partial charge is 0.223 e. The number of hydrogen-bond acceptors (Lipinski definition) is 2. The third-order valence-corrected chi connectivity index (χ3v) is 2.96. The van der Waals surface area contributed by atoms with Gasteiger partial charge < -0.3 is 10.1 Å². The van der Waals surface area contributed by atoms with Crippen LogP contribution in [0.5, 0.6) is 0 Å². The van der Waals surface area contributed by atoms with E-state index in [2.05, 4.69) is 17.4 Å². The Morgan fingerprint density at radius 2 is 2.19 bits per heavy atom. The van der Waals surface area contributed by atoms with E-state index in [1.54, 1.807) is 7.11 Å². The van der Waals surface area contributed by atoms with Crippen molar-refractivity contribution >= 4 is 5.91 Å². The van der Waals surface area contributed by atoms with E-state index in [1.165, 1.54) is 5.56 Å². The molecule has 0 radical (unpaired) electrons. The van der Waals surface area contributed by atoms with E-state index in [0.717, 1.165) is 6.42 Å². The van der Waals surface area contributed by atoms with Crippen molar-refractivity contribution in [1.29, 1.82) is 0 Å². The van der Waals surface area contributed by atoms with Crippen LogP contribution in [0.25, 0.3) is 0 Å². The van der Waals surface area contributed by atoms with Gasteiger partial charge in [0.25, 0.3) is 0 Å². The minimum Gasteiger partial charge on any atom is -0.383 e. The zero-order valence-corrected chi connectivity index (χ0v) is 9.48. The molecule has 1 aliphatic carbocycles. The van der Waals surface area contributed by atoms with Crippen molar-refractivity contribution in [2.45, 2.75) is 12.3 Å². The van der Waals surface area contributed by atoms with E-state index in [1.807, 2.05) is 18.2 Å². The molecule has 3 heteroatoms. The molecule has 16 heavy (non-hydrogen) atoms. The molecular weight excluding hydrogens is 202 g/mol. The van der Waals surface area contributed by atoms with E-state index in [4.69, 9.17) is 4.74 Å². The maximum Gasteiger partial charge on any atom is 0.223 e. The zero-order valence-electron chi connectivity index (χ0n) is 9.48. The average Bonchev–Trinajstić information content (AvgIpc) is 3.10. The molecule has 1 N–H and O–H groups in total. The highest BCUT2D eigenvalue weighted by Crippen LogP contribution is 2.47. The minimum atomic E-state index is 0.158. The van der Waals surface area contributed by atoms with Crippen molar-refractivity contribution in [2.75, 3.05) is 20.3 Å². The number of methoxy groups -OCH3 is 1. The molecule has 0 aromatic heterocycles. The highest BCUT2D eigenvalue weighted by Gasteiger charge is 2.43. The normalized spacial score (nSPS) is 22.8. The molecule has 1 saturated carbocycles. The predicted molar refractivity (Wildman–Crippen MR) is 62.2 cm³/mol. The zero-order chi connectivity index (χ0) is 11.4. The lowest BCUT2D eigenvalue weighted by Crippen LogP contribution is -2.28. The maximum absolute atomic E-state index is 11.7. The fourth-order valence-electron chi connectivity index (χ4n) is 1.96. The summed E-state index contributed by atoms with van der Waals surface area (Å²) in [7, 11) is 1.63. The molecular formula is C13H17NO2. The summed E-state index contributed by atoms with van der Waals surface area (Å²) in [5, 5.41) is 2.88. The molecule has 0 heterocycles.